The molecule has 7 nitrogen and oxygen atoms in total. The summed E-state index contributed by atoms with van der Waals surface area (Å²) in [5.41, 5.74) is -3.58. The highest BCUT2D eigenvalue weighted by Gasteiger charge is 2.49. The summed E-state index contributed by atoms with van der Waals surface area (Å²) in [5, 5.41) is 32.0. The fourth-order valence-corrected chi connectivity index (χ4v) is 4.13. The number of aromatic hydroxyl groups is 2. The van der Waals surface area contributed by atoms with E-state index in [1.165, 1.54) is 25.3 Å². The average molecular weight is 400 g/mol. The quantitative estimate of drug-likeness (QED) is 0.559. The number of benzene rings is 2. The normalized spacial score (nSPS) is 22.6. The molecule has 2 unspecified atom stereocenters. The van der Waals surface area contributed by atoms with E-state index in [2.05, 4.69) is 0 Å². The third kappa shape index (κ3) is 2.35. The van der Waals surface area contributed by atoms with Gasteiger partial charge in [0.05, 0.1) is 23.8 Å². The van der Waals surface area contributed by atoms with Crippen molar-refractivity contribution in [2.45, 2.75) is 31.5 Å². The van der Waals surface area contributed by atoms with Crippen molar-refractivity contribution in [1.82, 2.24) is 0 Å². The van der Waals surface area contributed by atoms with Gasteiger partial charge in [0, 0.05) is 29.5 Å². The summed E-state index contributed by atoms with van der Waals surface area (Å²) >= 11 is 0. The molecule has 0 spiro atoms. The largest absolute Gasteiger partial charge is 0.507 e. The first-order valence-corrected chi connectivity index (χ1v) is 8.87. The molecule has 0 fully saturated rings. The van der Waals surface area contributed by atoms with Crippen LogP contribution in [0.4, 0.5) is 4.39 Å². The molecule has 29 heavy (non-hydrogen) atoms. The van der Waals surface area contributed by atoms with Gasteiger partial charge >= 0.3 is 0 Å². The van der Waals surface area contributed by atoms with Crippen molar-refractivity contribution in [1.29, 1.82) is 0 Å². The van der Waals surface area contributed by atoms with Gasteiger partial charge in [-0.3, -0.25) is 14.4 Å². The molecule has 2 aromatic carbocycles. The first kappa shape index (κ1) is 19.1. The van der Waals surface area contributed by atoms with Gasteiger partial charge in [0.1, 0.15) is 23.4 Å². The summed E-state index contributed by atoms with van der Waals surface area (Å²) in [6.45, 7) is 1.02. The zero-order valence-corrected chi connectivity index (χ0v) is 15.6. The van der Waals surface area contributed by atoms with Gasteiger partial charge < -0.3 is 20.1 Å². The van der Waals surface area contributed by atoms with Crippen molar-refractivity contribution in [3.05, 3.63) is 51.6 Å². The summed E-state index contributed by atoms with van der Waals surface area (Å²) in [6, 6.07) is 4.38. The van der Waals surface area contributed by atoms with Gasteiger partial charge in [-0.2, -0.15) is 0 Å². The van der Waals surface area contributed by atoms with Crippen molar-refractivity contribution >= 4 is 17.3 Å². The Kier molecular flexibility index (Phi) is 4.02. The number of Topliss-reactive ketones (excluding diaryl/α,β-unsaturated/α-hetero) is 1. The van der Waals surface area contributed by atoms with Crippen LogP contribution in [0.1, 0.15) is 49.9 Å². The maximum absolute atomic E-state index is 14.6. The number of carbonyl (C=O) groups excluding carboxylic acids is 3. The number of hydrogen-bond donors (Lipinski definition) is 3. The van der Waals surface area contributed by atoms with Crippen molar-refractivity contribution in [3.8, 4) is 17.2 Å². The lowest BCUT2D eigenvalue weighted by atomic mass is 9.72. The maximum Gasteiger partial charge on any atom is 0.202 e. The Balaban J connectivity index is 2.02. The smallest absolute Gasteiger partial charge is 0.202 e. The number of ether oxygens (including phenoxy) is 1. The molecular weight excluding hydrogens is 383 g/mol. The Hall–Kier alpha value is -3.26. The molecule has 0 bridgehead atoms. The molecule has 0 aromatic heterocycles. The molecule has 2 aromatic rings. The number of ketones is 3. The number of alkyl halides is 1. The molecule has 0 saturated heterocycles. The van der Waals surface area contributed by atoms with Gasteiger partial charge in [-0.25, -0.2) is 4.39 Å². The van der Waals surface area contributed by atoms with E-state index in [1.54, 1.807) is 0 Å². The van der Waals surface area contributed by atoms with Gasteiger partial charge in [0.2, 0.25) is 5.78 Å². The molecule has 4 rings (SSSR count). The van der Waals surface area contributed by atoms with Crippen molar-refractivity contribution < 1.29 is 38.8 Å². The Morgan fingerprint density at radius 3 is 2.34 bits per heavy atom. The standard InChI is InChI=1S/C21H17FO7/c1-8(23)21(28)7-11-10(6-13(21)22)18(25)16-15(19(11)26)17(24)9-4-3-5-12(29-2)14(9)20(16)27/h3-5,13,25-26,28H,6-7H2,1-2H3. The van der Waals surface area contributed by atoms with Crippen LogP contribution in [0.2, 0.25) is 0 Å². The number of hydrogen-bond acceptors (Lipinski definition) is 7. The number of fused-ring (bicyclic) bond motifs is 3. The maximum atomic E-state index is 14.6. The minimum Gasteiger partial charge on any atom is -0.507 e. The highest BCUT2D eigenvalue weighted by atomic mass is 19.1. The van der Waals surface area contributed by atoms with Crippen LogP contribution in [0.15, 0.2) is 18.2 Å². The van der Waals surface area contributed by atoms with Crippen molar-refractivity contribution in [2.75, 3.05) is 7.11 Å². The summed E-state index contributed by atoms with van der Waals surface area (Å²) in [4.78, 5) is 38.0. The highest BCUT2D eigenvalue weighted by molar-refractivity contribution is 6.31. The van der Waals surface area contributed by atoms with Crippen LogP contribution in [0, 0.1) is 0 Å². The van der Waals surface area contributed by atoms with Gasteiger partial charge in [-0.1, -0.05) is 12.1 Å². The molecule has 2 aliphatic rings. The zero-order chi connectivity index (χ0) is 21.2. The van der Waals surface area contributed by atoms with Crippen LogP contribution in [0.25, 0.3) is 0 Å². The Morgan fingerprint density at radius 1 is 1.10 bits per heavy atom. The molecule has 150 valence electrons. The van der Waals surface area contributed by atoms with Gasteiger partial charge in [0.15, 0.2) is 17.2 Å². The molecule has 8 heteroatoms. The van der Waals surface area contributed by atoms with Crippen molar-refractivity contribution in [3.63, 3.8) is 0 Å². The second-order valence-electron chi connectivity index (χ2n) is 7.27. The van der Waals surface area contributed by atoms with E-state index < -0.39 is 64.6 Å². The molecule has 0 aliphatic heterocycles. The first-order chi connectivity index (χ1) is 13.6. The molecule has 0 radical (unpaired) electrons. The molecule has 0 amide bonds. The third-order valence-electron chi connectivity index (χ3n) is 5.79. The van der Waals surface area contributed by atoms with Crippen LogP contribution < -0.4 is 4.74 Å². The van der Waals surface area contributed by atoms with E-state index in [1.807, 2.05) is 0 Å². The molecule has 0 heterocycles. The van der Waals surface area contributed by atoms with E-state index in [-0.39, 0.29) is 28.0 Å². The second-order valence-corrected chi connectivity index (χ2v) is 7.27. The highest BCUT2D eigenvalue weighted by Crippen LogP contribution is 2.48. The topological polar surface area (TPSA) is 121 Å². The number of phenolic OH excluding ortho intramolecular Hbond substituents is 2. The minimum absolute atomic E-state index is 0.0162. The molecule has 2 atom stereocenters. The fourth-order valence-electron chi connectivity index (χ4n) is 4.13. The average Bonchev–Trinajstić information content (AvgIpc) is 2.69. The number of halogens is 1. The van der Waals surface area contributed by atoms with Crippen LogP contribution in [0.3, 0.4) is 0 Å². The Labute approximate surface area is 164 Å². The lowest BCUT2D eigenvalue weighted by Gasteiger charge is -2.36. The molecular formula is C21H17FO7. The van der Waals surface area contributed by atoms with Gasteiger partial charge in [0.25, 0.3) is 0 Å². The number of rotatable bonds is 2. The predicted octanol–water partition coefficient (Wildman–Crippen LogP) is 1.64. The Morgan fingerprint density at radius 2 is 1.72 bits per heavy atom. The van der Waals surface area contributed by atoms with Crippen LogP contribution in [0.5, 0.6) is 17.2 Å². The van der Waals surface area contributed by atoms with Crippen LogP contribution >= 0.6 is 0 Å². The molecule has 2 aliphatic carbocycles. The first-order valence-electron chi connectivity index (χ1n) is 8.87. The number of phenols is 2. The van der Waals surface area contributed by atoms with E-state index >= 15 is 0 Å². The summed E-state index contributed by atoms with van der Waals surface area (Å²) in [5.74, 6) is -3.48. The Bertz CT molecular complexity index is 1120. The van der Waals surface area contributed by atoms with Crippen LogP contribution in [-0.4, -0.2) is 51.6 Å². The zero-order valence-electron chi connectivity index (χ0n) is 15.6. The summed E-state index contributed by atoms with van der Waals surface area (Å²) in [6.07, 6.45) is -3.27. The predicted molar refractivity (Wildman–Crippen MR) is 97.6 cm³/mol. The second kappa shape index (κ2) is 6.12. The fraction of sp³-hybridized carbons (Fsp3) is 0.286. The van der Waals surface area contributed by atoms with E-state index in [0.29, 0.717) is 0 Å². The number of carbonyl (C=O) groups is 3. The number of methoxy groups -OCH3 is 1. The van der Waals surface area contributed by atoms with Crippen LogP contribution in [-0.2, 0) is 17.6 Å². The summed E-state index contributed by atoms with van der Waals surface area (Å²) < 4.78 is 19.8. The molecule has 0 saturated carbocycles. The van der Waals surface area contributed by atoms with E-state index in [0.717, 1.165) is 6.92 Å². The SMILES string of the molecule is COc1cccc2c1C(=O)c1c(O)c3c(c(O)c1C2=O)CC(O)(C(C)=O)C(F)C3. The summed E-state index contributed by atoms with van der Waals surface area (Å²) in [7, 11) is 1.32. The van der Waals surface area contributed by atoms with E-state index in [9.17, 15) is 34.1 Å². The third-order valence-corrected chi connectivity index (χ3v) is 5.79. The van der Waals surface area contributed by atoms with Crippen molar-refractivity contribution in [2.24, 2.45) is 0 Å². The minimum atomic E-state index is -2.39. The van der Waals surface area contributed by atoms with Gasteiger partial charge in [-0.15, -0.1) is 0 Å². The number of aliphatic hydroxyl groups is 1. The van der Waals surface area contributed by atoms with E-state index in [4.69, 9.17) is 4.74 Å². The van der Waals surface area contributed by atoms with Gasteiger partial charge in [-0.05, 0) is 13.0 Å². The lowest BCUT2D eigenvalue weighted by Crippen LogP contribution is -2.52. The monoisotopic (exact) mass is 400 g/mol. The molecule has 3 N–H and O–H groups in total. The lowest BCUT2D eigenvalue weighted by molar-refractivity contribution is -0.143.